The fourth-order valence-electron chi connectivity index (χ4n) is 2.50. The summed E-state index contributed by atoms with van der Waals surface area (Å²) in [6, 6.07) is 11.3. The molecule has 0 fully saturated rings. The first kappa shape index (κ1) is 18.3. The van der Waals surface area contributed by atoms with Gasteiger partial charge in [0.25, 0.3) is 11.2 Å². The molecule has 3 aromatic rings. The lowest BCUT2D eigenvalue weighted by atomic mass is 10.1. The molecule has 2 aromatic carbocycles. The Morgan fingerprint density at radius 1 is 1.11 bits per heavy atom. The van der Waals surface area contributed by atoms with E-state index in [1.807, 2.05) is 0 Å². The minimum atomic E-state index is -1.30. The highest BCUT2D eigenvalue weighted by Crippen LogP contribution is 2.22. The van der Waals surface area contributed by atoms with Crippen molar-refractivity contribution >= 4 is 5.69 Å². The molecule has 27 heavy (non-hydrogen) atoms. The summed E-state index contributed by atoms with van der Waals surface area (Å²) < 4.78 is 27.3. The Labute approximate surface area is 151 Å². The summed E-state index contributed by atoms with van der Waals surface area (Å²) in [5, 5.41) is 25.2. The molecular formula is C18H13F2N3O4. The number of nitro groups is 1. The van der Waals surface area contributed by atoms with Gasteiger partial charge in [0.2, 0.25) is 0 Å². The lowest BCUT2D eigenvalue weighted by Gasteiger charge is -2.13. The number of halogens is 2. The van der Waals surface area contributed by atoms with Gasteiger partial charge >= 0.3 is 0 Å². The highest BCUT2D eigenvalue weighted by Gasteiger charge is 2.14. The topological polar surface area (TPSA) is 98.3 Å². The van der Waals surface area contributed by atoms with Gasteiger partial charge in [0.15, 0.2) is 11.6 Å². The number of benzene rings is 2. The zero-order valence-corrected chi connectivity index (χ0v) is 13.8. The van der Waals surface area contributed by atoms with E-state index in [2.05, 4.69) is 5.10 Å². The van der Waals surface area contributed by atoms with Crippen molar-refractivity contribution in [1.82, 2.24) is 9.78 Å². The molecule has 1 heterocycles. The maximum absolute atomic E-state index is 13.3. The zero-order valence-electron chi connectivity index (χ0n) is 13.8. The first-order valence-corrected chi connectivity index (χ1v) is 7.81. The summed E-state index contributed by atoms with van der Waals surface area (Å²) in [6.07, 6.45) is -1.30. The molecule has 0 saturated carbocycles. The van der Waals surface area contributed by atoms with Crippen LogP contribution in [0.25, 0.3) is 11.3 Å². The van der Waals surface area contributed by atoms with Crippen LogP contribution in [0.3, 0.4) is 0 Å². The summed E-state index contributed by atoms with van der Waals surface area (Å²) in [7, 11) is 0. The fourth-order valence-corrected chi connectivity index (χ4v) is 2.50. The molecule has 0 radical (unpaired) electrons. The number of rotatable bonds is 5. The van der Waals surface area contributed by atoms with Gasteiger partial charge in [0.05, 0.1) is 23.3 Å². The molecule has 7 nitrogen and oxygen atoms in total. The molecule has 0 amide bonds. The van der Waals surface area contributed by atoms with Gasteiger partial charge in [-0.05, 0) is 23.8 Å². The van der Waals surface area contributed by atoms with Crippen LogP contribution in [-0.4, -0.2) is 19.8 Å². The molecule has 1 atom stereocenters. The molecular weight excluding hydrogens is 360 g/mol. The minimum Gasteiger partial charge on any atom is -0.386 e. The number of aromatic nitrogens is 2. The smallest absolute Gasteiger partial charge is 0.270 e. The molecule has 3 rings (SSSR count). The quantitative estimate of drug-likeness (QED) is 0.548. The van der Waals surface area contributed by atoms with Crippen LogP contribution in [0, 0.1) is 21.7 Å². The van der Waals surface area contributed by atoms with Crippen LogP contribution in [-0.2, 0) is 6.54 Å². The first-order valence-electron chi connectivity index (χ1n) is 7.81. The number of hydrogen-bond acceptors (Lipinski definition) is 5. The second kappa shape index (κ2) is 7.42. The summed E-state index contributed by atoms with van der Waals surface area (Å²) >= 11 is 0. The fraction of sp³-hybridized carbons (Fsp3) is 0.111. The average molecular weight is 373 g/mol. The number of hydrogen-bond donors (Lipinski definition) is 1. The third kappa shape index (κ3) is 4.04. The van der Waals surface area contributed by atoms with Crippen molar-refractivity contribution in [1.29, 1.82) is 0 Å². The van der Waals surface area contributed by atoms with Gasteiger partial charge in [-0.3, -0.25) is 14.9 Å². The third-order valence-corrected chi connectivity index (χ3v) is 3.89. The van der Waals surface area contributed by atoms with E-state index >= 15 is 0 Å². The molecule has 0 bridgehead atoms. The van der Waals surface area contributed by atoms with Gasteiger partial charge in [-0.1, -0.05) is 18.2 Å². The Morgan fingerprint density at radius 3 is 2.59 bits per heavy atom. The highest BCUT2D eigenvalue weighted by atomic mass is 19.2. The predicted molar refractivity (Wildman–Crippen MR) is 91.9 cm³/mol. The van der Waals surface area contributed by atoms with Crippen LogP contribution in [0.5, 0.6) is 0 Å². The SMILES string of the molecule is O=c1ccc(-c2cccc([N+](=O)[O-])c2)nn1C[C@H](O)c1ccc(F)c(F)c1. The van der Waals surface area contributed by atoms with Crippen LogP contribution >= 0.6 is 0 Å². The number of aliphatic hydroxyl groups is 1. The van der Waals surface area contributed by atoms with Gasteiger partial charge in [-0.15, -0.1) is 0 Å². The Morgan fingerprint density at radius 2 is 1.89 bits per heavy atom. The maximum Gasteiger partial charge on any atom is 0.270 e. The molecule has 0 saturated heterocycles. The standard InChI is InChI=1S/C18H13F2N3O4/c19-14-5-4-12(9-15(14)20)17(24)10-22-18(25)7-6-16(21-22)11-2-1-3-13(8-11)23(26)27/h1-9,17,24H,10H2/t17-/m0/s1. The normalized spacial score (nSPS) is 12.0. The van der Waals surface area contributed by atoms with E-state index in [0.29, 0.717) is 5.56 Å². The Balaban J connectivity index is 1.91. The molecule has 0 aliphatic heterocycles. The first-order chi connectivity index (χ1) is 12.8. The van der Waals surface area contributed by atoms with Crippen molar-refractivity contribution in [2.24, 2.45) is 0 Å². The molecule has 0 aliphatic rings. The van der Waals surface area contributed by atoms with Crippen LogP contribution in [0.2, 0.25) is 0 Å². The summed E-state index contributed by atoms with van der Waals surface area (Å²) in [5.41, 5.74) is 0.138. The van der Waals surface area contributed by atoms with Crippen molar-refractivity contribution in [2.75, 3.05) is 0 Å². The molecule has 138 valence electrons. The van der Waals surface area contributed by atoms with Gasteiger partial charge in [-0.25, -0.2) is 13.5 Å². The van der Waals surface area contributed by atoms with Gasteiger partial charge in [0, 0.05) is 23.8 Å². The monoisotopic (exact) mass is 373 g/mol. The van der Waals surface area contributed by atoms with E-state index in [-0.39, 0.29) is 23.5 Å². The maximum atomic E-state index is 13.3. The van der Waals surface area contributed by atoms with Crippen LogP contribution in [0.15, 0.2) is 59.4 Å². The van der Waals surface area contributed by atoms with Crippen molar-refractivity contribution in [3.8, 4) is 11.3 Å². The number of aliphatic hydroxyl groups excluding tert-OH is 1. The summed E-state index contributed by atoms with van der Waals surface area (Å²) in [6.45, 7) is -0.299. The summed E-state index contributed by atoms with van der Waals surface area (Å²) in [5.74, 6) is -2.16. The second-order valence-electron chi connectivity index (χ2n) is 5.74. The lowest BCUT2D eigenvalue weighted by Crippen LogP contribution is -2.25. The van der Waals surface area contributed by atoms with Crippen LogP contribution < -0.4 is 5.56 Å². The van der Waals surface area contributed by atoms with Crippen molar-refractivity contribution in [2.45, 2.75) is 12.6 Å². The molecule has 0 spiro atoms. The number of non-ortho nitro benzene ring substituents is 1. The summed E-state index contributed by atoms with van der Waals surface area (Å²) in [4.78, 5) is 22.4. The van der Waals surface area contributed by atoms with Crippen LogP contribution in [0.4, 0.5) is 14.5 Å². The zero-order chi connectivity index (χ0) is 19.6. The van der Waals surface area contributed by atoms with E-state index in [1.165, 1.54) is 36.4 Å². The van der Waals surface area contributed by atoms with Gasteiger partial charge in [0.1, 0.15) is 0 Å². The van der Waals surface area contributed by atoms with Gasteiger partial charge in [-0.2, -0.15) is 5.10 Å². The van der Waals surface area contributed by atoms with Gasteiger partial charge < -0.3 is 5.11 Å². The molecule has 0 unspecified atom stereocenters. The molecule has 1 N–H and O–H groups in total. The Bertz CT molecular complexity index is 1070. The van der Waals surface area contributed by atoms with Crippen molar-refractivity contribution < 1.29 is 18.8 Å². The molecule has 0 aliphatic carbocycles. The predicted octanol–water partition coefficient (Wildman–Crippen LogP) is 2.83. The van der Waals surface area contributed by atoms with E-state index in [9.17, 15) is 28.8 Å². The number of nitro benzene ring substituents is 1. The lowest BCUT2D eigenvalue weighted by molar-refractivity contribution is -0.384. The van der Waals surface area contributed by atoms with E-state index in [1.54, 1.807) is 6.07 Å². The molecule has 9 heteroatoms. The third-order valence-electron chi connectivity index (χ3n) is 3.89. The molecule has 1 aromatic heterocycles. The highest BCUT2D eigenvalue weighted by molar-refractivity contribution is 5.61. The van der Waals surface area contributed by atoms with E-state index in [4.69, 9.17) is 0 Å². The van der Waals surface area contributed by atoms with Crippen molar-refractivity contribution in [3.05, 3.63) is 92.3 Å². The Kier molecular flexibility index (Phi) is 5.04. The Hall–Kier alpha value is -3.46. The van der Waals surface area contributed by atoms with Crippen LogP contribution in [0.1, 0.15) is 11.7 Å². The van der Waals surface area contributed by atoms with Crippen molar-refractivity contribution in [3.63, 3.8) is 0 Å². The van der Waals surface area contributed by atoms with E-state index in [0.717, 1.165) is 16.8 Å². The average Bonchev–Trinajstić information content (AvgIpc) is 2.65. The second-order valence-corrected chi connectivity index (χ2v) is 5.74. The number of nitrogens with zero attached hydrogens (tertiary/aromatic N) is 3. The minimum absolute atomic E-state index is 0.0864. The largest absolute Gasteiger partial charge is 0.386 e. The van der Waals surface area contributed by atoms with E-state index < -0.39 is 28.2 Å².